The van der Waals surface area contributed by atoms with Crippen LogP contribution in [0.1, 0.15) is 30.6 Å². The van der Waals surface area contributed by atoms with Gasteiger partial charge in [0.05, 0.1) is 24.4 Å². The van der Waals surface area contributed by atoms with Crippen LogP contribution in [-0.4, -0.2) is 19.6 Å². The van der Waals surface area contributed by atoms with Crippen molar-refractivity contribution in [3.63, 3.8) is 0 Å². The summed E-state index contributed by atoms with van der Waals surface area (Å²) in [6.07, 6.45) is 0.834. The predicted octanol–water partition coefficient (Wildman–Crippen LogP) is 5.30. The van der Waals surface area contributed by atoms with Gasteiger partial charge in [0, 0.05) is 5.56 Å². The van der Waals surface area contributed by atoms with Crippen LogP contribution in [0.25, 0.3) is 0 Å². The Labute approximate surface area is 156 Å². The number of hydrogen-bond donors (Lipinski definition) is 1. The molecule has 26 heavy (non-hydrogen) atoms. The van der Waals surface area contributed by atoms with Gasteiger partial charge in [-0.2, -0.15) is 0 Å². The average molecular weight is 384 g/mol. The Morgan fingerprint density at radius 3 is 2.65 bits per heavy atom. The van der Waals surface area contributed by atoms with E-state index in [1.165, 1.54) is 31.4 Å². The maximum atomic E-state index is 13.7. The number of anilines is 1. The molecule has 0 fully saturated rings. The molecule has 1 amide bonds. The minimum absolute atomic E-state index is 0.131. The molecule has 0 aliphatic rings. The van der Waals surface area contributed by atoms with Crippen molar-refractivity contribution >= 4 is 23.2 Å². The SMILES string of the molecule is COc1cc(C(=O)Nc2cccc(F)c2F)cc(Cl)c1OCCC(C)C. The minimum atomic E-state index is -1.13. The first-order valence-electron chi connectivity index (χ1n) is 8.09. The highest BCUT2D eigenvalue weighted by Gasteiger charge is 2.18. The smallest absolute Gasteiger partial charge is 0.255 e. The lowest BCUT2D eigenvalue weighted by molar-refractivity contribution is 0.102. The standard InChI is InChI=1S/C19H20ClF2NO3/c1-11(2)7-8-26-18-13(20)9-12(10-16(18)25-3)19(24)23-15-6-4-5-14(21)17(15)22/h4-6,9-11H,7-8H2,1-3H3,(H,23,24). The van der Waals surface area contributed by atoms with Crippen molar-refractivity contribution in [3.05, 3.63) is 52.6 Å². The number of carbonyl (C=O) groups is 1. The Morgan fingerprint density at radius 1 is 1.27 bits per heavy atom. The van der Waals surface area contributed by atoms with E-state index in [4.69, 9.17) is 21.1 Å². The summed E-state index contributed by atoms with van der Waals surface area (Å²) in [6, 6.07) is 6.35. The monoisotopic (exact) mass is 383 g/mol. The molecule has 2 aromatic rings. The molecule has 140 valence electrons. The summed E-state index contributed by atoms with van der Waals surface area (Å²) in [5.41, 5.74) is -0.130. The molecule has 0 aromatic heterocycles. The molecule has 0 bridgehead atoms. The van der Waals surface area contributed by atoms with Crippen molar-refractivity contribution in [3.8, 4) is 11.5 Å². The zero-order valence-corrected chi connectivity index (χ0v) is 15.5. The van der Waals surface area contributed by atoms with Gasteiger partial charge in [-0.25, -0.2) is 8.78 Å². The van der Waals surface area contributed by atoms with E-state index in [0.29, 0.717) is 18.3 Å². The van der Waals surface area contributed by atoms with Crippen LogP contribution in [0.15, 0.2) is 30.3 Å². The van der Waals surface area contributed by atoms with Crippen molar-refractivity contribution in [1.82, 2.24) is 0 Å². The van der Waals surface area contributed by atoms with Crippen LogP contribution in [0.3, 0.4) is 0 Å². The van der Waals surface area contributed by atoms with Crippen LogP contribution < -0.4 is 14.8 Å². The molecule has 2 rings (SSSR count). The maximum absolute atomic E-state index is 13.7. The highest BCUT2D eigenvalue weighted by Crippen LogP contribution is 2.37. The Balaban J connectivity index is 2.22. The number of carbonyl (C=O) groups excluding carboxylic acids is 1. The Bertz CT molecular complexity index is 797. The summed E-state index contributed by atoms with van der Waals surface area (Å²) in [4.78, 5) is 12.4. The van der Waals surface area contributed by atoms with Crippen LogP contribution in [0.4, 0.5) is 14.5 Å². The second kappa shape index (κ2) is 8.85. The lowest BCUT2D eigenvalue weighted by Crippen LogP contribution is -2.14. The second-order valence-electron chi connectivity index (χ2n) is 6.08. The Morgan fingerprint density at radius 2 is 2.00 bits per heavy atom. The third-order valence-corrected chi connectivity index (χ3v) is 3.91. The number of amides is 1. The van der Waals surface area contributed by atoms with E-state index < -0.39 is 17.5 Å². The fraction of sp³-hybridized carbons (Fsp3) is 0.316. The third-order valence-electron chi connectivity index (χ3n) is 3.63. The summed E-state index contributed by atoms with van der Waals surface area (Å²) >= 11 is 6.21. The maximum Gasteiger partial charge on any atom is 0.255 e. The first-order chi connectivity index (χ1) is 12.3. The molecule has 0 atom stereocenters. The average Bonchev–Trinajstić information content (AvgIpc) is 2.59. The third kappa shape index (κ3) is 4.85. The molecular weight excluding hydrogens is 364 g/mol. The normalized spacial score (nSPS) is 10.7. The largest absolute Gasteiger partial charge is 0.493 e. The number of methoxy groups -OCH3 is 1. The first-order valence-corrected chi connectivity index (χ1v) is 8.47. The van der Waals surface area contributed by atoms with Crippen LogP contribution in [0.2, 0.25) is 5.02 Å². The number of ether oxygens (including phenoxy) is 2. The van der Waals surface area contributed by atoms with Gasteiger partial charge < -0.3 is 14.8 Å². The van der Waals surface area contributed by atoms with E-state index in [9.17, 15) is 13.6 Å². The first kappa shape index (κ1) is 20.0. The number of rotatable bonds is 7. The lowest BCUT2D eigenvalue weighted by atomic mass is 10.1. The van der Waals surface area contributed by atoms with E-state index in [0.717, 1.165) is 12.5 Å². The number of hydrogen-bond acceptors (Lipinski definition) is 3. The van der Waals surface area contributed by atoms with Crippen LogP contribution in [0.5, 0.6) is 11.5 Å². The van der Waals surface area contributed by atoms with Gasteiger partial charge in [-0.05, 0) is 36.6 Å². The van der Waals surface area contributed by atoms with Gasteiger partial charge in [0.25, 0.3) is 5.91 Å². The van der Waals surface area contributed by atoms with Gasteiger partial charge in [-0.1, -0.05) is 31.5 Å². The van der Waals surface area contributed by atoms with Crippen LogP contribution >= 0.6 is 11.6 Å². The van der Waals surface area contributed by atoms with Crippen LogP contribution in [-0.2, 0) is 0 Å². The summed E-state index contributed by atoms with van der Waals surface area (Å²) < 4.78 is 37.9. The van der Waals surface area contributed by atoms with Crippen molar-refractivity contribution in [1.29, 1.82) is 0 Å². The van der Waals surface area contributed by atoms with Crippen LogP contribution in [0, 0.1) is 17.6 Å². The van der Waals surface area contributed by atoms with Crippen molar-refractivity contribution in [2.75, 3.05) is 19.0 Å². The molecule has 0 unspecified atom stereocenters. The Hall–Kier alpha value is -2.34. The highest BCUT2D eigenvalue weighted by atomic mass is 35.5. The predicted molar refractivity (Wildman–Crippen MR) is 97.3 cm³/mol. The fourth-order valence-electron chi connectivity index (χ4n) is 2.18. The zero-order chi connectivity index (χ0) is 19.3. The molecule has 0 saturated heterocycles. The summed E-state index contributed by atoms with van der Waals surface area (Å²) in [5, 5.41) is 2.51. The molecule has 2 aromatic carbocycles. The second-order valence-corrected chi connectivity index (χ2v) is 6.48. The molecule has 0 heterocycles. The van der Waals surface area contributed by atoms with Gasteiger partial charge >= 0.3 is 0 Å². The molecule has 0 spiro atoms. The molecule has 0 aliphatic carbocycles. The zero-order valence-electron chi connectivity index (χ0n) is 14.7. The lowest BCUT2D eigenvalue weighted by Gasteiger charge is -2.15. The quantitative estimate of drug-likeness (QED) is 0.705. The van der Waals surface area contributed by atoms with Crippen molar-refractivity contribution in [2.24, 2.45) is 5.92 Å². The highest BCUT2D eigenvalue weighted by molar-refractivity contribution is 6.32. The molecule has 7 heteroatoms. The molecule has 0 radical (unpaired) electrons. The molecule has 0 saturated carbocycles. The van der Waals surface area contributed by atoms with Gasteiger partial charge in [-0.3, -0.25) is 4.79 Å². The van der Waals surface area contributed by atoms with Gasteiger partial charge in [0.15, 0.2) is 23.1 Å². The number of nitrogens with one attached hydrogen (secondary N) is 1. The van der Waals surface area contributed by atoms with E-state index in [1.807, 2.05) is 0 Å². The molecule has 1 N–H and O–H groups in total. The van der Waals surface area contributed by atoms with E-state index in [1.54, 1.807) is 0 Å². The van der Waals surface area contributed by atoms with Crippen molar-refractivity contribution in [2.45, 2.75) is 20.3 Å². The fourth-order valence-corrected chi connectivity index (χ4v) is 2.45. The topological polar surface area (TPSA) is 47.6 Å². The van der Waals surface area contributed by atoms with E-state index in [-0.39, 0.29) is 22.0 Å². The Kier molecular flexibility index (Phi) is 6.80. The van der Waals surface area contributed by atoms with Gasteiger partial charge in [0.2, 0.25) is 0 Å². The number of benzene rings is 2. The molecular formula is C19H20ClF2NO3. The van der Waals surface area contributed by atoms with E-state index >= 15 is 0 Å². The van der Waals surface area contributed by atoms with Gasteiger partial charge in [-0.15, -0.1) is 0 Å². The van der Waals surface area contributed by atoms with Gasteiger partial charge in [0.1, 0.15) is 0 Å². The van der Waals surface area contributed by atoms with E-state index in [2.05, 4.69) is 19.2 Å². The molecule has 4 nitrogen and oxygen atoms in total. The summed E-state index contributed by atoms with van der Waals surface area (Å²) in [6.45, 7) is 4.59. The minimum Gasteiger partial charge on any atom is -0.493 e. The summed E-state index contributed by atoms with van der Waals surface area (Å²) in [5.74, 6) is -1.75. The number of halogens is 3. The van der Waals surface area contributed by atoms with Crippen molar-refractivity contribution < 1.29 is 23.0 Å². The molecule has 0 aliphatic heterocycles. The summed E-state index contributed by atoms with van der Waals surface area (Å²) in [7, 11) is 1.43.